The summed E-state index contributed by atoms with van der Waals surface area (Å²) in [6.07, 6.45) is 0. The summed E-state index contributed by atoms with van der Waals surface area (Å²) in [7, 11) is 0. The molecule has 0 radical (unpaired) electrons. The van der Waals surface area contributed by atoms with Crippen LogP contribution < -0.4 is 11.2 Å². The zero-order valence-corrected chi connectivity index (χ0v) is 11.5. The third kappa shape index (κ3) is 2.68. The predicted octanol–water partition coefficient (Wildman–Crippen LogP) is 3.18. The van der Waals surface area contributed by atoms with Gasteiger partial charge in [-0.2, -0.15) is 9.47 Å². The van der Waals surface area contributed by atoms with Crippen LogP contribution in [-0.4, -0.2) is 10.1 Å². The number of aromatic nitrogens is 1. The van der Waals surface area contributed by atoms with Gasteiger partial charge in [0.25, 0.3) is 0 Å². The van der Waals surface area contributed by atoms with Crippen molar-refractivity contribution in [2.45, 2.75) is 20.8 Å². The van der Waals surface area contributed by atoms with Crippen LogP contribution >= 0.6 is 11.5 Å². The first-order valence-corrected chi connectivity index (χ1v) is 6.44. The lowest BCUT2D eigenvalue weighted by Crippen LogP contribution is -2.03. The van der Waals surface area contributed by atoms with Crippen LogP contribution in [0.2, 0.25) is 0 Å². The number of rotatable bonds is 3. The molecule has 0 saturated heterocycles. The highest BCUT2D eigenvalue weighted by atomic mass is 32.1. The molecule has 94 valence electrons. The molecular formula is C13H16N4S. The Labute approximate surface area is 111 Å². The maximum Gasteiger partial charge on any atom is 0.116 e. The molecule has 0 atom stereocenters. The molecule has 4 nitrogen and oxygen atoms in total. The van der Waals surface area contributed by atoms with Gasteiger partial charge in [0.2, 0.25) is 0 Å². The molecular weight excluding hydrogens is 244 g/mol. The first kappa shape index (κ1) is 12.6. The van der Waals surface area contributed by atoms with Crippen LogP contribution in [-0.2, 0) is 0 Å². The summed E-state index contributed by atoms with van der Waals surface area (Å²) in [6.45, 7) is 5.91. The minimum Gasteiger partial charge on any atom is -0.389 e. The number of nitrogens with one attached hydrogen (secondary N) is 1. The van der Waals surface area contributed by atoms with E-state index in [2.05, 4.69) is 14.9 Å². The molecule has 1 aromatic carbocycles. The maximum absolute atomic E-state index is 5.88. The third-order valence-corrected chi connectivity index (χ3v) is 3.39. The second-order valence-corrected chi connectivity index (χ2v) is 4.99. The molecule has 0 fully saturated rings. The molecule has 0 aliphatic rings. The van der Waals surface area contributed by atoms with Crippen molar-refractivity contribution >= 4 is 27.9 Å². The van der Waals surface area contributed by atoms with Crippen LogP contribution in [0.15, 0.2) is 29.4 Å². The molecule has 2 aromatic rings. The number of nitrogens with two attached hydrogens (primary N) is 1. The van der Waals surface area contributed by atoms with Gasteiger partial charge in [-0.1, -0.05) is 12.1 Å². The van der Waals surface area contributed by atoms with Crippen molar-refractivity contribution in [3.8, 4) is 0 Å². The minimum atomic E-state index is 0.708. The van der Waals surface area contributed by atoms with Gasteiger partial charge in [0, 0.05) is 0 Å². The fourth-order valence-electron chi connectivity index (χ4n) is 1.75. The lowest BCUT2D eigenvalue weighted by atomic mass is 10.2. The number of nitrogens with zero attached hydrogens (tertiary/aromatic N) is 2. The molecule has 18 heavy (non-hydrogen) atoms. The first-order valence-electron chi connectivity index (χ1n) is 5.67. The van der Waals surface area contributed by atoms with Gasteiger partial charge in [-0.15, -0.1) is 0 Å². The van der Waals surface area contributed by atoms with Crippen molar-refractivity contribution < 1.29 is 0 Å². The minimum absolute atomic E-state index is 0.708. The molecule has 1 heterocycles. The zero-order valence-electron chi connectivity index (χ0n) is 10.7. The quantitative estimate of drug-likeness (QED) is 0.658. The summed E-state index contributed by atoms with van der Waals surface area (Å²) in [5.74, 6) is 0. The summed E-state index contributed by atoms with van der Waals surface area (Å²) < 4.78 is 4.21. The smallest absolute Gasteiger partial charge is 0.116 e. The Morgan fingerprint density at radius 2 is 2.17 bits per heavy atom. The van der Waals surface area contributed by atoms with Crippen molar-refractivity contribution in [2.75, 3.05) is 11.2 Å². The maximum atomic E-state index is 5.88. The Morgan fingerprint density at radius 1 is 1.39 bits per heavy atom. The molecule has 0 aliphatic carbocycles. The van der Waals surface area contributed by atoms with E-state index in [1.807, 2.05) is 45.0 Å². The van der Waals surface area contributed by atoms with Crippen LogP contribution in [0, 0.1) is 13.8 Å². The first-order chi connectivity index (χ1) is 8.58. The van der Waals surface area contributed by atoms with Crippen LogP contribution in [0.3, 0.4) is 0 Å². The monoisotopic (exact) mass is 260 g/mol. The van der Waals surface area contributed by atoms with E-state index < -0.39 is 0 Å². The standard InChI is InChI=1S/C13H16N4S/c1-8-5-4-6-11(7-8)16-15-9(2)12-10(3)17-18-13(12)14/h4-7,16H,14H2,1-3H3/b15-9-. The van der Waals surface area contributed by atoms with E-state index in [1.54, 1.807) is 0 Å². The Morgan fingerprint density at radius 3 is 2.78 bits per heavy atom. The largest absolute Gasteiger partial charge is 0.389 e. The van der Waals surface area contributed by atoms with E-state index in [4.69, 9.17) is 5.73 Å². The van der Waals surface area contributed by atoms with Gasteiger partial charge >= 0.3 is 0 Å². The molecule has 0 amide bonds. The molecule has 0 unspecified atom stereocenters. The number of benzene rings is 1. The van der Waals surface area contributed by atoms with E-state index >= 15 is 0 Å². The summed E-state index contributed by atoms with van der Waals surface area (Å²) in [6, 6.07) is 8.06. The van der Waals surface area contributed by atoms with E-state index in [1.165, 1.54) is 17.1 Å². The van der Waals surface area contributed by atoms with E-state index in [0.717, 1.165) is 22.7 Å². The second kappa shape index (κ2) is 5.18. The molecule has 2 rings (SSSR count). The number of aryl methyl sites for hydroxylation is 2. The van der Waals surface area contributed by atoms with Crippen LogP contribution in [0.4, 0.5) is 10.7 Å². The SMILES string of the molecule is C/C(=N/Nc1cccc(C)c1)c1c(C)nsc1N. The lowest BCUT2D eigenvalue weighted by molar-refractivity contribution is 1.28. The lowest BCUT2D eigenvalue weighted by Gasteiger charge is -2.04. The van der Waals surface area contributed by atoms with Gasteiger partial charge < -0.3 is 5.73 Å². The number of hydrogen-bond donors (Lipinski definition) is 2. The highest BCUT2D eigenvalue weighted by molar-refractivity contribution is 7.10. The van der Waals surface area contributed by atoms with Gasteiger partial charge in [-0.05, 0) is 50.0 Å². The number of hydrogen-bond acceptors (Lipinski definition) is 5. The van der Waals surface area contributed by atoms with E-state index in [0.29, 0.717) is 5.00 Å². The van der Waals surface area contributed by atoms with Crippen molar-refractivity contribution in [2.24, 2.45) is 5.10 Å². The molecule has 3 N–H and O–H groups in total. The highest BCUT2D eigenvalue weighted by Gasteiger charge is 2.10. The molecule has 0 aliphatic heterocycles. The van der Waals surface area contributed by atoms with Crippen molar-refractivity contribution in [1.82, 2.24) is 4.37 Å². The Balaban J connectivity index is 2.20. The topological polar surface area (TPSA) is 63.3 Å². The average Bonchev–Trinajstić information content (AvgIpc) is 2.66. The van der Waals surface area contributed by atoms with Crippen LogP contribution in [0.1, 0.15) is 23.7 Å². The summed E-state index contributed by atoms with van der Waals surface area (Å²) >= 11 is 1.30. The predicted molar refractivity (Wildman–Crippen MR) is 78.3 cm³/mol. The Bertz CT molecular complexity index is 567. The fraction of sp³-hybridized carbons (Fsp3) is 0.231. The Hall–Kier alpha value is -1.88. The van der Waals surface area contributed by atoms with Crippen LogP contribution in [0.5, 0.6) is 0 Å². The van der Waals surface area contributed by atoms with Gasteiger partial charge in [0.05, 0.1) is 22.7 Å². The van der Waals surface area contributed by atoms with Crippen molar-refractivity contribution in [3.05, 3.63) is 41.1 Å². The summed E-state index contributed by atoms with van der Waals surface area (Å²) in [4.78, 5) is 0. The average molecular weight is 260 g/mol. The van der Waals surface area contributed by atoms with Gasteiger partial charge in [0.1, 0.15) is 5.00 Å². The molecule has 5 heteroatoms. The van der Waals surface area contributed by atoms with E-state index in [-0.39, 0.29) is 0 Å². The van der Waals surface area contributed by atoms with Gasteiger partial charge in [-0.25, -0.2) is 0 Å². The van der Waals surface area contributed by atoms with E-state index in [9.17, 15) is 0 Å². The molecule has 0 saturated carbocycles. The number of hydrazone groups is 1. The van der Waals surface area contributed by atoms with Crippen molar-refractivity contribution in [1.29, 1.82) is 0 Å². The highest BCUT2D eigenvalue weighted by Crippen LogP contribution is 2.21. The van der Waals surface area contributed by atoms with Crippen LogP contribution in [0.25, 0.3) is 0 Å². The van der Waals surface area contributed by atoms with Crippen molar-refractivity contribution in [3.63, 3.8) is 0 Å². The molecule has 0 spiro atoms. The molecule has 1 aromatic heterocycles. The summed E-state index contributed by atoms with van der Waals surface area (Å²) in [5.41, 5.74) is 13.8. The third-order valence-electron chi connectivity index (χ3n) is 2.62. The Kier molecular flexibility index (Phi) is 3.62. The zero-order chi connectivity index (χ0) is 13.1. The normalized spacial score (nSPS) is 11.6. The number of nitrogen functional groups attached to an aromatic ring is 1. The second-order valence-electron chi connectivity index (χ2n) is 4.19. The molecule has 0 bridgehead atoms. The summed E-state index contributed by atoms with van der Waals surface area (Å²) in [5, 5.41) is 5.06. The van der Waals surface area contributed by atoms with Gasteiger partial charge in [-0.3, -0.25) is 5.43 Å². The number of anilines is 2. The van der Waals surface area contributed by atoms with Gasteiger partial charge in [0.15, 0.2) is 0 Å². The fourth-order valence-corrected chi connectivity index (χ4v) is 2.46.